The van der Waals surface area contributed by atoms with Gasteiger partial charge in [0.1, 0.15) is 0 Å². The molecule has 2 aromatic rings. The van der Waals surface area contributed by atoms with Gasteiger partial charge in [-0.25, -0.2) is 0 Å². The molecular weight excluding hydrogens is 293 g/mol. The van der Waals surface area contributed by atoms with Crippen molar-refractivity contribution >= 4 is 25.4 Å². The Morgan fingerprint density at radius 3 is 2.41 bits per heavy atom. The minimum Gasteiger partial charge on any atom is -0.504 e. The number of ether oxygens (including phenoxy) is 1. The third-order valence-electron chi connectivity index (χ3n) is 3.04. The van der Waals surface area contributed by atoms with Crippen molar-refractivity contribution in [3.8, 4) is 11.5 Å². The van der Waals surface area contributed by atoms with Gasteiger partial charge in [0.2, 0.25) is 0 Å². The molecule has 0 radical (unpaired) electrons. The van der Waals surface area contributed by atoms with Crippen LogP contribution < -0.4 is 15.3 Å². The maximum absolute atomic E-state index is 10.2. The van der Waals surface area contributed by atoms with Gasteiger partial charge in [-0.2, -0.15) is 0 Å². The fourth-order valence-electron chi connectivity index (χ4n) is 1.92. The molecular formula is C18H22NO2P. The Hall–Kier alpha value is -1.86. The average Bonchev–Trinajstić information content (AvgIpc) is 2.47. The molecule has 3 nitrogen and oxygen atoms in total. The number of hydrogen-bond donors (Lipinski definition) is 1. The zero-order valence-corrected chi connectivity index (χ0v) is 14.4. The Labute approximate surface area is 133 Å². The van der Waals surface area contributed by atoms with Crippen LogP contribution in [-0.2, 0) is 0 Å². The van der Waals surface area contributed by atoms with Crippen LogP contribution in [0.1, 0.15) is 26.3 Å². The molecule has 0 heterocycles. The smallest absolute Gasteiger partial charge is 0.165 e. The third-order valence-corrected chi connectivity index (χ3v) is 4.44. The molecule has 22 heavy (non-hydrogen) atoms. The van der Waals surface area contributed by atoms with Crippen LogP contribution in [0.25, 0.3) is 0 Å². The van der Waals surface area contributed by atoms with Crippen molar-refractivity contribution in [2.45, 2.75) is 26.3 Å². The molecule has 2 rings (SSSR count). The summed E-state index contributed by atoms with van der Waals surface area (Å²) in [7, 11) is 1.91. The zero-order valence-electron chi connectivity index (χ0n) is 13.4. The molecule has 1 unspecified atom stereocenters. The predicted octanol–water partition coefficient (Wildman–Crippen LogP) is 3.25. The van der Waals surface area contributed by atoms with Crippen molar-refractivity contribution in [3.05, 3.63) is 48.0 Å². The van der Waals surface area contributed by atoms with Gasteiger partial charge in [-0.05, 0) is 32.1 Å². The van der Waals surface area contributed by atoms with Crippen molar-refractivity contribution in [2.24, 2.45) is 4.99 Å². The topological polar surface area (TPSA) is 41.8 Å². The van der Waals surface area contributed by atoms with Crippen molar-refractivity contribution in [3.63, 3.8) is 0 Å². The fourth-order valence-corrected chi connectivity index (χ4v) is 3.10. The van der Waals surface area contributed by atoms with E-state index in [0.29, 0.717) is 14.3 Å². The first-order chi connectivity index (χ1) is 10.4. The number of methoxy groups -OCH3 is 1. The van der Waals surface area contributed by atoms with Gasteiger partial charge < -0.3 is 9.84 Å². The van der Waals surface area contributed by atoms with E-state index >= 15 is 0 Å². The molecule has 2 aromatic carbocycles. The van der Waals surface area contributed by atoms with Gasteiger partial charge >= 0.3 is 0 Å². The van der Waals surface area contributed by atoms with Crippen LogP contribution in [0, 0.1) is 0 Å². The van der Waals surface area contributed by atoms with E-state index in [2.05, 4.69) is 37.9 Å². The van der Waals surface area contributed by atoms with Crippen molar-refractivity contribution in [1.82, 2.24) is 0 Å². The van der Waals surface area contributed by atoms with Gasteiger partial charge in [0.25, 0.3) is 0 Å². The molecule has 0 amide bonds. The van der Waals surface area contributed by atoms with Crippen molar-refractivity contribution in [2.75, 3.05) is 7.11 Å². The van der Waals surface area contributed by atoms with E-state index in [-0.39, 0.29) is 11.3 Å². The van der Waals surface area contributed by atoms with E-state index in [9.17, 15) is 5.11 Å². The summed E-state index contributed by atoms with van der Waals surface area (Å²) in [6.07, 6.45) is 1.92. The van der Waals surface area contributed by atoms with Crippen molar-refractivity contribution in [1.29, 1.82) is 0 Å². The van der Waals surface area contributed by atoms with Gasteiger partial charge in [0.05, 0.1) is 12.6 Å². The Bertz CT molecular complexity index is 675. The predicted molar refractivity (Wildman–Crippen MR) is 96.0 cm³/mol. The summed E-state index contributed by atoms with van der Waals surface area (Å²) in [6.45, 7) is 6.22. The summed E-state index contributed by atoms with van der Waals surface area (Å²) in [5.41, 5.74) is 0.979. The zero-order chi connectivity index (χ0) is 16.2. The highest BCUT2D eigenvalue weighted by atomic mass is 31.1. The summed E-state index contributed by atoms with van der Waals surface area (Å²) >= 11 is 0. The van der Waals surface area contributed by atoms with Crippen LogP contribution in [0.3, 0.4) is 0 Å². The second-order valence-corrected chi connectivity index (χ2v) is 7.33. The number of rotatable bonds is 4. The summed E-state index contributed by atoms with van der Waals surface area (Å²) in [6, 6.07) is 13.7. The highest BCUT2D eigenvalue weighted by Crippen LogP contribution is 2.28. The maximum Gasteiger partial charge on any atom is 0.165 e. The number of phenolic OH excluding ortho intramolecular Hbond substituents is 1. The summed E-state index contributed by atoms with van der Waals surface area (Å²) in [4.78, 5) is 4.58. The summed E-state index contributed by atoms with van der Waals surface area (Å²) in [5.74, 6) is 0.719. The van der Waals surface area contributed by atoms with Crippen LogP contribution in [0.5, 0.6) is 11.5 Å². The van der Waals surface area contributed by atoms with Crippen LogP contribution in [-0.4, -0.2) is 24.0 Å². The largest absolute Gasteiger partial charge is 0.504 e. The third kappa shape index (κ3) is 4.32. The fraction of sp³-hybridized carbons (Fsp3) is 0.278. The second kappa shape index (κ2) is 6.93. The molecule has 4 heteroatoms. The molecule has 1 atom stereocenters. The average molecular weight is 315 g/mol. The number of aromatic hydroxyl groups is 1. The van der Waals surface area contributed by atoms with E-state index in [1.54, 1.807) is 13.2 Å². The maximum atomic E-state index is 10.2. The number of aliphatic imine (C=N–C) groups is 1. The number of para-hydroxylation sites is 1. The first-order valence-corrected chi connectivity index (χ1v) is 8.18. The van der Waals surface area contributed by atoms with Crippen LogP contribution in [0.2, 0.25) is 0 Å². The number of benzene rings is 2. The van der Waals surface area contributed by atoms with Crippen LogP contribution in [0.4, 0.5) is 0 Å². The Morgan fingerprint density at radius 2 is 1.73 bits per heavy atom. The second-order valence-electron chi connectivity index (χ2n) is 6.00. The van der Waals surface area contributed by atoms with Gasteiger partial charge in [-0.1, -0.05) is 45.0 Å². The monoisotopic (exact) mass is 315 g/mol. The lowest BCUT2D eigenvalue weighted by Crippen LogP contribution is -2.13. The van der Waals surface area contributed by atoms with E-state index in [4.69, 9.17) is 4.74 Å². The lowest BCUT2D eigenvalue weighted by molar-refractivity contribution is 0.375. The molecule has 0 bridgehead atoms. The molecule has 0 spiro atoms. The Balaban J connectivity index is 2.33. The molecule has 1 N–H and O–H groups in total. The van der Waals surface area contributed by atoms with Gasteiger partial charge in [-0.3, -0.25) is 4.99 Å². The minimum absolute atomic E-state index is 0.103. The summed E-state index contributed by atoms with van der Waals surface area (Å²) < 4.78 is 5.17. The molecule has 0 saturated carbocycles. The lowest BCUT2D eigenvalue weighted by Gasteiger charge is -2.13. The quantitative estimate of drug-likeness (QED) is 0.695. The molecule has 0 fully saturated rings. The molecule has 116 valence electrons. The van der Waals surface area contributed by atoms with E-state index in [1.807, 2.05) is 30.5 Å². The van der Waals surface area contributed by atoms with Gasteiger partial charge in [-0.15, -0.1) is 0 Å². The highest BCUT2D eigenvalue weighted by Gasteiger charge is 2.10. The number of phenols is 1. The van der Waals surface area contributed by atoms with Crippen LogP contribution in [0.15, 0.2) is 47.5 Å². The SMILES string of the molecule is COc1cccc(Pc2ccccc2C=NC(C)(C)C)c1O. The number of nitrogens with zero attached hydrogens (tertiary/aromatic N) is 1. The van der Waals surface area contributed by atoms with Crippen LogP contribution >= 0.6 is 8.58 Å². The van der Waals surface area contributed by atoms with Crippen molar-refractivity contribution < 1.29 is 9.84 Å². The molecule has 0 saturated heterocycles. The number of hydrogen-bond acceptors (Lipinski definition) is 3. The van der Waals surface area contributed by atoms with E-state index < -0.39 is 0 Å². The van der Waals surface area contributed by atoms with E-state index in [1.165, 1.54) is 0 Å². The normalized spacial score (nSPS) is 12.4. The Morgan fingerprint density at radius 1 is 1.05 bits per heavy atom. The molecule has 0 aliphatic heterocycles. The van der Waals surface area contributed by atoms with Gasteiger partial charge in [0, 0.05) is 17.1 Å². The lowest BCUT2D eigenvalue weighted by atomic mass is 10.1. The molecule has 0 aliphatic rings. The highest BCUT2D eigenvalue weighted by molar-refractivity contribution is 7.56. The van der Waals surface area contributed by atoms with E-state index in [0.717, 1.165) is 16.2 Å². The Kier molecular flexibility index (Phi) is 5.20. The minimum atomic E-state index is -0.103. The first-order valence-electron chi connectivity index (χ1n) is 7.18. The first kappa shape index (κ1) is 16.5. The standard InChI is InChI=1S/C18H22NO2P/c1-18(2,3)19-12-13-8-5-6-10-15(13)22-16-11-7-9-14(21-4)17(16)20/h5-12,20,22H,1-4H3. The molecule has 0 aromatic heterocycles. The summed E-state index contributed by atoms with van der Waals surface area (Å²) in [5, 5.41) is 12.3. The molecule has 0 aliphatic carbocycles. The van der Waals surface area contributed by atoms with Gasteiger partial charge in [0.15, 0.2) is 11.5 Å².